The highest BCUT2D eigenvalue weighted by Crippen LogP contribution is 2.26. The lowest BCUT2D eigenvalue weighted by Gasteiger charge is -2.11. The summed E-state index contributed by atoms with van der Waals surface area (Å²) in [5.41, 5.74) is 2.73. The molecule has 0 atom stereocenters. The molecule has 1 N–H and O–H groups in total. The average Bonchev–Trinajstić information content (AvgIpc) is 2.55. The van der Waals surface area contributed by atoms with Gasteiger partial charge in [0.25, 0.3) is 5.69 Å². The Morgan fingerprint density at radius 1 is 1.26 bits per heavy atom. The van der Waals surface area contributed by atoms with E-state index in [1.165, 1.54) is 6.07 Å². The number of hydrogen-bond donors (Lipinski definition) is 1. The molecule has 0 aliphatic heterocycles. The molecule has 0 fully saturated rings. The Hall–Kier alpha value is -2.89. The summed E-state index contributed by atoms with van der Waals surface area (Å²) in [6.45, 7) is 2.51. The van der Waals surface area contributed by atoms with Gasteiger partial charge in [0.05, 0.1) is 12.0 Å². The number of anilines is 1. The summed E-state index contributed by atoms with van der Waals surface area (Å²) >= 11 is 0. The van der Waals surface area contributed by atoms with Gasteiger partial charge in [0, 0.05) is 18.2 Å². The van der Waals surface area contributed by atoms with Crippen LogP contribution in [0, 0.1) is 17.0 Å². The van der Waals surface area contributed by atoms with Crippen molar-refractivity contribution in [3.8, 4) is 5.75 Å². The first-order valence-electron chi connectivity index (χ1n) is 7.16. The number of benzene rings is 2. The molecular formula is C17H18N2O4. The Morgan fingerprint density at radius 2 is 2.04 bits per heavy atom. The molecule has 23 heavy (non-hydrogen) atoms. The van der Waals surface area contributed by atoms with Gasteiger partial charge in [-0.15, -0.1) is 0 Å². The molecule has 0 saturated heterocycles. The van der Waals surface area contributed by atoms with E-state index in [0.717, 1.165) is 16.9 Å². The first-order chi connectivity index (χ1) is 11.0. The van der Waals surface area contributed by atoms with Gasteiger partial charge in [0.15, 0.2) is 0 Å². The van der Waals surface area contributed by atoms with Gasteiger partial charge in [-0.05, 0) is 37.1 Å². The second-order valence-corrected chi connectivity index (χ2v) is 5.14. The van der Waals surface area contributed by atoms with Crippen molar-refractivity contribution in [2.75, 3.05) is 19.0 Å². The highest BCUT2D eigenvalue weighted by atomic mass is 16.6. The van der Waals surface area contributed by atoms with Gasteiger partial charge in [-0.1, -0.05) is 17.7 Å². The number of carbonyl (C=O) groups excluding carboxylic acids is 1. The quantitative estimate of drug-likeness (QED) is 0.481. The van der Waals surface area contributed by atoms with E-state index in [2.05, 4.69) is 5.32 Å². The molecule has 0 aromatic heterocycles. The molecule has 0 bridgehead atoms. The number of nitro groups is 1. The molecule has 2 rings (SSSR count). The molecule has 6 heteroatoms. The minimum atomic E-state index is -0.497. The first-order valence-corrected chi connectivity index (χ1v) is 7.16. The van der Waals surface area contributed by atoms with Gasteiger partial charge in [0.1, 0.15) is 17.7 Å². The molecule has 6 nitrogen and oxygen atoms in total. The normalized spacial score (nSPS) is 10.2. The van der Waals surface area contributed by atoms with Crippen LogP contribution in [0.3, 0.4) is 0 Å². The van der Waals surface area contributed by atoms with Crippen molar-refractivity contribution >= 4 is 17.7 Å². The summed E-state index contributed by atoms with van der Waals surface area (Å²) in [4.78, 5) is 21.3. The third-order valence-corrected chi connectivity index (χ3v) is 3.50. The Balaban J connectivity index is 2.11. The molecule has 0 unspecified atom stereocenters. The van der Waals surface area contributed by atoms with E-state index in [1.807, 2.05) is 25.1 Å². The van der Waals surface area contributed by atoms with E-state index >= 15 is 0 Å². The SMILES string of the molecule is COc1ccc(C)cc1CCNc1ccc(C=O)cc1[N+](=O)[O-]. The standard InChI is InChI=1S/C17H18N2O4/c1-12-3-6-17(23-2)14(9-12)7-8-18-15-5-4-13(11-20)10-16(15)19(21)22/h3-6,9-11,18H,7-8H2,1-2H3. The number of aldehydes is 1. The minimum Gasteiger partial charge on any atom is -0.496 e. The summed E-state index contributed by atoms with van der Waals surface area (Å²) < 4.78 is 5.32. The molecule has 0 heterocycles. The van der Waals surface area contributed by atoms with Crippen LogP contribution in [-0.2, 0) is 6.42 Å². The largest absolute Gasteiger partial charge is 0.496 e. The molecule has 0 saturated carbocycles. The molecule has 0 amide bonds. The number of ether oxygens (including phenoxy) is 1. The summed E-state index contributed by atoms with van der Waals surface area (Å²) in [5.74, 6) is 0.795. The summed E-state index contributed by atoms with van der Waals surface area (Å²) in [5, 5.41) is 14.1. The van der Waals surface area contributed by atoms with Gasteiger partial charge < -0.3 is 10.1 Å². The topological polar surface area (TPSA) is 81.5 Å². The number of rotatable bonds is 7. The van der Waals surface area contributed by atoms with Crippen LogP contribution in [0.25, 0.3) is 0 Å². The minimum absolute atomic E-state index is 0.106. The number of nitro benzene ring substituents is 1. The van der Waals surface area contributed by atoms with E-state index in [1.54, 1.807) is 19.2 Å². The van der Waals surface area contributed by atoms with Crippen LogP contribution in [0.4, 0.5) is 11.4 Å². The molecule has 0 radical (unpaired) electrons. The Morgan fingerprint density at radius 3 is 2.70 bits per heavy atom. The maximum atomic E-state index is 11.1. The number of hydrogen-bond acceptors (Lipinski definition) is 5. The third kappa shape index (κ3) is 4.06. The number of nitrogens with zero attached hydrogens (tertiary/aromatic N) is 1. The maximum Gasteiger partial charge on any atom is 0.293 e. The predicted octanol–water partition coefficient (Wildman–Crippen LogP) is 3.38. The van der Waals surface area contributed by atoms with Gasteiger partial charge >= 0.3 is 0 Å². The van der Waals surface area contributed by atoms with Gasteiger partial charge in [-0.2, -0.15) is 0 Å². The zero-order chi connectivity index (χ0) is 16.8. The molecule has 0 spiro atoms. The fraction of sp³-hybridized carbons (Fsp3) is 0.235. The Bertz CT molecular complexity index is 729. The molecule has 2 aromatic carbocycles. The lowest BCUT2D eigenvalue weighted by Crippen LogP contribution is -2.08. The van der Waals surface area contributed by atoms with Crippen LogP contribution in [0.5, 0.6) is 5.75 Å². The van der Waals surface area contributed by atoms with Crippen molar-refractivity contribution in [1.82, 2.24) is 0 Å². The first kappa shape index (κ1) is 16.5. The van der Waals surface area contributed by atoms with Crippen molar-refractivity contribution in [3.05, 3.63) is 63.2 Å². The monoisotopic (exact) mass is 314 g/mol. The zero-order valence-corrected chi connectivity index (χ0v) is 13.0. The fourth-order valence-corrected chi connectivity index (χ4v) is 2.36. The molecule has 2 aromatic rings. The maximum absolute atomic E-state index is 11.1. The predicted molar refractivity (Wildman–Crippen MR) is 88.4 cm³/mol. The lowest BCUT2D eigenvalue weighted by atomic mass is 10.1. The second-order valence-electron chi connectivity index (χ2n) is 5.14. The smallest absolute Gasteiger partial charge is 0.293 e. The molecule has 0 aliphatic carbocycles. The summed E-state index contributed by atoms with van der Waals surface area (Å²) in [7, 11) is 1.62. The van der Waals surface area contributed by atoms with E-state index in [-0.39, 0.29) is 11.3 Å². The zero-order valence-electron chi connectivity index (χ0n) is 13.0. The van der Waals surface area contributed by atoms with Gasteiger partial charge in [0.2, 0.25) is 0 Å². The van der Waals surface area contributed by atoms with Crippen LogP contribution in [-0.4, -0.2) is 24.9 Å². The van der Waals surface area contributed by atoms with E-state index < -0.39 is 4.92 Å². The van der Waals surface area contributed by atoms with Crippen LogP contribution in [0.15, 0.2) is 36.4 Å². The molecule has 0 aliphatic rings. The third-order valence-electron chi connectivity index (χ3n) is 3.50. The van der Waals surface area contributed by atoms with Gasteiger partial charge in [-0.3, -0.25) is 14.9 Å². The fourth-order valence-electron chi connectivity index (χ4n) is 2.36. The Labute approximate surface area is 134 Å². The van der Waals surface area contributed by atoms with Crippen LogP contribution >= 0.6 is 0 Å². The van der Waals surface area contributed by atoms with E-state index in [4.69, 9.17) is 4.74 Å². The van der Waals surface area contributed by atoms with Crippen LogP contribution in [0.2, 0.25) is 0 Å². The molecular weight excluding hydrogens is 296 g/mol. The second kappa shape index (κ2) is 7.40. The number of nitrogens with one attached hydrogen (secondary N) is 1. The van der Waals surface area contributed by atoms with Crippen molar-refractivity contribution in [2.45, 2.75) is 13.3 Å². The summed E-state index contributed by atoms with van der Waals surface area (Å²) in [6.07, 6.45) is 1.26. The van der Waals surface area contributed by atoms with Crippen molar-refractivity contribution in [2.24, 2.45) is 0 Å². The Kier molecular flexibility index (Phi) is 5.30. The van der Waals surface area contributed by atoms with Crippen molar-refractivity contribution in [3.63, 3.8) is 0 Å². The van der Waals surface area contributed by atoms with Crippen LogP contribution < -0.4 is 10.1 Å². The van der Waals surface area contributed by atoms with Gasteiger partial charge in [-0.25, -0.2) is 0 Å². The van der Waals surface area contributed by atoms with Crippen LogP contribution in [0.1, 0.15) is 21.5 Å². The van der Waals surface area contributed by atoms with Crippen molar-refractivity contribution in [1.29, 1.82) is 0 Å². The van der Waals surface area contributed by atoms with Crippen molar-refractivity contribution < 1.29 is 14.5 Å². The lowest BCUT2D eigenvalue weighted by molar-refractivity contribution is -0.384. The highest BCUT2D eigenvalue weighted by Gasteiger charge is 2.14. The number of carbonyl (C=O) groups is 1. The number of aryl methyl sites for hydroxylation is 1. The molecule has 120 valence electrons. The highest BCUT2D eigenvalue weighted by molar-refractivity contribution is 5.79. The van der Waals surface area contributed by atoms with E-state index in [9.17, 15) is 14.9 Å². The average molecular weight is 314 g/mol. The van der Waals surface area contributed by atoms with E-state index in [0.29, 0.717) is 24.9 Å². The summed E-state index contributed by atoms with van der Waals surface area (Å²) in [6, 6.07) is 10.3. The number of methoxy groups -OCH3 is 1.